The summed E-state index contributed by atoms with van der Waals surface area (Å²) < 4.78 is 34.1. The molecule has 0 aliphatic heterocycles. The molecule has 13 heteroatoms. The first kappa shape index (κ1) is 57.5. The number of aliphatic hydroxyl groups excluding tert-OH is 2. The van der Waals surface area contributed by atoms with Crippen LogP contribution < -0.4 is 0 Å². The summed E-state index contributed by atoms with van der Waals surface area (Å²) in [5.74, 6) is -1.86. The van der Waals surface area contributed by atoms with Crippen LogP contribution in [0.15, 0.2) is 97.2 Å². The zero-order valence-corrected chi connectivity index (χ0v) is 39.9. The van der Waals surface area contributed by atoms with Crippen LogP contribution in [-0.2, 0) is 37.5 Å². The Morgan fingerprint density at radius 3 is 1.94 bits per heavy atom. The number of aliphatic hydroxyl groups is 2. The number of ketones is 1. The number of phosphoric acid groups is 1. The minimum absolute atomic E-state index is 0.0303. The van der Waals surface area contributed by atoms with Crippen LogP contribution in [0, 0.1) is 11.8 Å². The number of ether oxygens (including phenoxy) is 2. The first-order valence-corrected chi connectivity index (χ1v) is 24.6. The van der Waals surface area contributed by atoms with Crippen LogP contribution in [-0.4, -0.2) is 103 Å². The van der Waals surface area contributed by atoms with E-state index in [1.54, 1.807) is 12.2 Å². The maximum absolute atomic E-state index is 12.7. The molecule has 1 rings (SSSR count). The molecule has 0 aromatic rings. The third kappa shape index (κ3) is 32.8. The molecule has 1 saturated carbocycles. The molecule has 0 spiro atoms. The Labute approximate surface area is 379 Å². The fraction of sp³-hybridized carbons (Fsp3) is 0.620. The second-order valence-electron chi connectivity index (χ2n) is 16.8. The molecule has 1 fully saturated rings. The number of allylic oxidation sites excluding steroid dienone is 15. The van der Waals surface area contributed by atoms with Crippen molar-refractivity contribution in [3.05, 3.63) is 97.2 Å². The lowest BCUT2D eigenvalue weighted by molar-refractivity contribution is -0.870. The van der Waals surface area contributed by atoms with Gasteiger partial charge in [-0.15, -0.1) is 0 Å². The molecule has 0 radical (unpaired) electrons. The number of carbonyl (C=O) groups excluding carboxylic acids is 3. The van der Waals surface area contributed by atoms with Gasteiger partial charge in [0.1, 0.15) is 25.5 Å². The lowest BCUT2D eigenvalue weighted by Crippen LogP contribution is -2.37. The van der Waals surface area contributed by atoms with E-state index in [4.69, 9.17) is 18.5 Å². The maximum atomic E-state index is 12.7. The van der Waals surface area contributed by atoms with Gasteiger partial charge in [0.15, 0.2) is 6.10 Å². The molecular formula is C50H81NO11P+. The van der Waals surface area contributed by atoms with Gasteiger partial charge in [0.25, 0.3) is 0 Å². The van der Waals surface area contributed by atoms with Crippen molar-refractivity contribution < 1.29 is 57.1 Å². The molecule has 0 aromatic carbocycles. The highest BCUT2D eigenvalue weighted by Crippen LogP contribution is 2.43. The van der Waals surface area contributed by atoms with Crippen LogP contribution in [0.25, 0.3) is 0 Å². The molecular weight excluding hydrogens is 822 g/mol. The molecule has 0 bridgehead atoms. The Kier molecular flexibility index (Phi) is 32.7. The van der Waals surface area contributed by atoms with Gasteiger partial charge in [-0.2, -0.15) is 0 Å². The van der Waals surface area contributed by atoms with Crippen molar-refractivity contribution in [3.63, 3.8) is 0 Å². The van der Waals surface area contributed by atoms with E-state index in [1.807, 2.05) is 45.4 Å². The summed E-state index contributed by atoms with van der Waals surface area (Å²) in [7, 11) is 1.27. The number of rotatable bonds is 36. The summed E-state index contributed by atoms with van der Waals surface area (Å²) in [6.07, 6.45) is 41.3. The summed E-state index contributed by atoms with van der Waals surface area (Å²) in [4.78, 5) is 48.1. The van der Waals surface area contributed by atoms with Gasteiger partial charge in [-0.05, 0) is 70.6 Å². The topological polar surface area (TPSA) is 166 Å². The first-order chi connectivity index (χ1) is 30.2. The van der Waals surface area contributed by atoms with Crippen molar-refractivity contribution in [2.24, 2.45) is 11.8 Å². The number of quaternary nitrogens is 1. The average molecular weight is 903 g/mol. The third-order valence-electron chi connectivity index (χ3n) is 9.99. The highest BCUT2D eigenvalue weighted by atomic mass is 31.2. The zero-order valence-electron chi connectivity index (χ0n) is 39.0. The number of carbonyl (C=O) groups is 3. The molecule has 0 saturated heterocycles. The van der Waals surface area contributed by atoms with Gasteiger partial charge in [0, 0.05) is 31.1 Å². The maximum Gasteiger partial charge on any atom is 0.472 e. The molecule has 0 heterocycles. The van der Waals surface area contributed by atoms with E-state index in [2.05, 4.69) is 74.6 Å². The van der Waals surface area contributed by atoms with Crippen molar-refractivity contribution >= 4 is 25.5 Å². The third-order valence-corrected chi connectivity index (χ3v) is 11.0. The van der Waals surface area contributed by atoms with Crippen molar-refractivity contribution in [1.29, 1.82) is 0 Å². The molecule has 63 heavy (non-hydrogen) atoms. The number of Topliss-reactive ketones (excluding diaryl/α,β-unsaturated/α-hetero) is 1. The number of unbranched alkanes of at least 4 members (excludes halogenated alkanes) is 3. The van der Waals surface area contributed by atoms with Gasteiger partial charge in [-0.25, -0.2) is 4.57 Å². The molecule has 1 unspecified atom stereocenters. The Bertz CT molecular complexity index is 1550. The van der Waals surface area contributed by atoms with E-state index in [-0.39, 0.29) is 44.2 Å². The van der Waals surface area contributed by atoms with Crippen LogP contribution in [0.5, 0.6) is 0 Å². The number of likely N-dealkylation sites (N-methyl/N-ethyl adjacent to an activating group) is 1. The molecule has 356 valence electrons. The fourth-order valence-electron chi connectivity index (χ4n) is 6.31. The summed E-state index contributed by atoms with van der Waals surface area (Å²) >= 11 is 0. The minimum atomic E-state index is -4.47. The van der Waals surface area contributed by atoms with Gasteiger partial charge in [0.2, 0.25) is 0 Å². The van der Waals surface area contributed by atoms with Crippen LogP contribution in [0.1, 0.15) is 123 Å². The largest absolute Gasteiger partial charge is 0.472 e. The number of hydrogen-bond donors (Lipinski definition) is 3. The van der Waals surface area contributed by atoms with Gasteiger partial charge < -0.3 is 29.1 Å². The molecule has 12 nitrogen and oxygen atoms in total. The zero-order chi connectivity index (χ0) is 46.6. The van der Waals surface area contributed by atoms with E-state index >= 15 is 0 Å². The van der Waals surface area contributed by atoms with Crippen molar-refractivity contribution in [2.75, 3.05) is 47.5 Å². The van der Waals surface area contributed by atoms with E-state index in [1.165, 1.54) is 0 Å². The summed E-state index contributed by atoms with van der Waals surface area (Å²) in [6, 6.07) is 0. The average Bonchev–Trinajstić information content (AvgIpc) is 3.50. The van der Waals surface area contributed by atoms with Gasteiger partial charge in [-0.1, -0.05) is 130 Å². The molecule has 1 aliphatic rings. The number of esters is 2. The minimum Gasteiger partial charge on any atom is -0.462 e. The van der Waals surface area contributed by atoms with Gasteiger partial charge >= 0.3 is 19.8 Å². The van der Waals surface area contributed by atoms with Crippen LogP contribution in [0.2, 0.25) is 0 Å². The molecule has 1 aliphatic carbocycles. The second-order valence-corrected chi connectivity index (χ2v) is 18.3. The van der Waals surface area contributed by atoms with Crippen LogP contribution in [0.3, 0.4) is 0 Å². The van der Waals surface area contributed by atoms with Crippen LogP contribution >= 0.6 is 7.82 Å². The molecule has 0 aromatic heterocycles. The normalized spacial score (nSPS) is 19.7. The predicted octanol–water partition coefficient (Wildman–Crippen LogP) is 9.94. The first-order valence-electron chi connectivity index (χ1n) is 23.1. The quantitative estimate of drug-likeness (QED) is 0.0180. The second kappa shape index (κ2) is 35.8. The Morgan fingerprint density at radius 2 is 1.35 bits per heavy atom. The van der Waals surface area contributed by atoms with E-state index in [0.29, 0.717) is 43.1 Å². The summed E-state index contributed by atoms with van der Waals surface area (Å²) in [5.41, 5.74) is 0. The van der Waals surface area contributed by atoms with Crippen molar-refractivity contribution in [1.82, 2.24) is 0 Å². The lowest BCUT2D eigenvalue weighted by Gasteiger charge is -2.24. The highest BCUT2D eigenvalue weighted by Gasteiger charge is 2.39. The standard InChI is InChI=1S/C50H80NO11P/c1-6-8-10-11-12-13-14-15-16-17-18-19-20-21-22-23-24-25-31-35-50(56)62-44(42-61-63(57,58)60-39-38-51(3,4)5)41-59-49(55)34-30-27-26-29-33-45-46(48(54)40-47(45)53)37-36-43(52)32-28-9-7-2/h8,10,12-13,15-16,18-19,21-22,24-26,29,36-37,43-47,52-53H,6-7,9,11,14,17,20,23,27-28,30-35,38-42H2,1-5H3/p+1/b10-8-,13-12-,16-15-,19-18-,22-21-,25-24-,29-26-,37-36+/t43-,44+,45+,46+,47-/m0/s1. The molecule has 0 amide bonds. The fourth-order valence-corrected chi connectivity index (χ4v) is 7.05. The summed E-state index contributed by atoms with van der Waals surface area (Å²) in [5, 5.41) is 20.8. The van der Waals surface area contributed by atoms with Crippen molar-refractivity contribution in [3.8, 4) is 0 Å². The lowest BCUT2D eigenvalue weighted by atomic mass is 9.90. The Morgan fingerprint density at radius 1 is 0.762 bits per heavy atom. The number of phosphoric ester groups is 1. The molecule has 6 atom stereocenters. The van der Waals surface area contributed by atoms with Gasteiger partial charge in [0.05, 0.1) is 40.0 Å². The monoisotopic (exact) mass is 903 g/mol. The predicted molar refractivity (Wildman–Crippen MR) is 252 cm³/mol. The number of nitrogens with zero attached hydrogens (tertiary/aromatic N) is 1. The Balaban J connectivity index is 2.55. The highest BCUT2D eigenvalue weighted by molar-refractivity contribution is 7.47. The smallest absolute Gasteiger partial charge is 0.462 e. The molecule has 3 N–H and O–H groups in total. The summed E-state index contributed by atoms with van der Waals surface area (Å²) in [6.45, 7) is 3.78. The van der Waals surface area contributed by atoms with E-state index < -0.39 is 50.6 Å². The van der Waals surface area contributed by atoms with Gasteiger partial charge in [-0.3, -0.25) is 23.4 Å². The van der Waals surface area contributed by atoms with E-state index in [9.17, 15) is 34.1 Å². The van der Waals surface area contributed by atoms with E-state index in [0.717, 1.165) is 57.8 Å². The number of hydrogen-bond acceptors (Lipinski definition) is 10. The Hall–Kier alpha value is -3.48. The SMILES string of the molecule is CC/C=C\C/C=C\C/C=C\C/C=C\C/C=C\C/C=C\CCC(=O)O[C@H](COC(=O)CCC/C=C\C[C@H]1[C@@H](O)CC(=O)[C@@H]1/C=C/[C@@H](O)CCCCC)COP(=O)(O)OCC[N+](C)(C)C. The van der Waals surface area contributed by atoms with Crippen LogP contribution in [0.4, 0.5) is 0 Å². The van der Waals surface area contributed by atoms with Crippen molar-refractivity contribution in [2.45, 2.75) is 141 Å².